The molecule has 10 heteroatoms. The highest BCUT2D eigenvalue weighted by Gasteiger charge is 2.48. The van der Waals surface area contributed by atoms with E-state index in [0.29, 0.717) is 61.2 Å². The van der Waals surface area contributed by atoms with Crippen LogP contribution >= 0.6 is 23.2 Å². The van der Waals surface area contributed by atoms with Crippen LogP contribution in [-0.4, -0.2) is 91.4 Å². The van der Waals surface area contributed by atoms with E-state index in [-0.39, 0.29) is 23.8 Å². The lowest BCUT2D eigenvalue weighted by Crippen LogP contribution is -2.67. The van der Waals surface area contributed by atoms with Crippen LogP contribution in [0.25, 0.3) is 0 Å². The van der Waals surface area contributed by atoms with E-state index in [1.54, 1.807) is 22.9 Å². The first-order chi connectivity index (χ1) is 18.7. The number of hydrogen-bond donors (Lipinski definition) is 2. The first-order valence-electron chi connectivity index (χ1n) is 13.5. The molecule has 210 valence electrons. The number of piperidine rings is 1. The molecule has 1 atom stereocenters. The molecule has 2 N–H and O–H groups in total. The highest BCUT2D eigenvalue weighted by atomic mass is 35.5. The van der Waals surface area contributed by atoms with E-state index in [1.807, 2.05) is 49.5 Å². The summed E-state index contributed by atoms with van der Waals surface area (Å²) in [6.45, 7) is 3.93. The first-order valence-corrected chi connectivity index (χ1v) is 14.3. The van der Waals surface area contributed by atoms with Crippen molar-refractivity contribution in [1.29, 1.82) is 0 Å². The molecule has 2 aliphatic rings. The quantitative estimate of drug-likeness (QED) is 0.470. The molecule has 0 spiro atoms. The van der Waals surface area contributed by atoms with Gasteiger partial charge in [-0.15, -0.1) is 0 Å². The molecule has 2 fully saturated rings. The van der Waals surface area contributed by atoms with Crippen molar-refractivity contribution in [3.05, 3.63) is 69.7 Å². The second-order valence-electron chi connectivity index (χ2n) is 10.4. The molecule has 2 saturated heterocycles. The van der Waals surface area contributed by atoms with E-state index >= 15 is 0 Å². The summed E-state index contributed by atoms with van der Waals surface area (Å²) in [7, 11) is 3.45. The standard InChI is InChI=1S/C29H37Cl2N5O3/c1-32-27(38)29(36-15-6-14-33-28(36)39)12-17-35(18-13-29)16-11-23(22-9-10-24(30)25(31)19-22)20-34(2)26(37)21-7-4-3-5-8-21/h3-5,7-10,19,23H,6,11-18,20H2,1-2H3,(H,32,38)(H,33,39). The lowest BCUT2D eigenvalue weighted by atomic mass is 9.83. The zero-order valence-corrected chi connectivity index (χ0v) is 24.1. The van der Waals surface area contributed by atoms with Gasteiger partial charge < -0.3 is 25.3 Å². The number of halogens is 2. The zero-order valence-electron chi connectivity index (χ0n) is 22.6. The zero-order chi connectivity index (χ0) is 28.0. The number of nitrogens with zero attached hydrogens (tertiary/aromatic N) is 3. The summed E-state index contributed by atoms with van der Waals surface area (Å²) in [5.41, 5.74) is 0.844. The minimum Gasteiger partial charge on any atom is -0.357 e. The molecule has 39 heavy (non-hydrogen) atoms. The number of hydrogen-bond acceptors (Lipinski definition) is 4. The van der Waals surface area contributed by atoms with Gasteiger partial charge in [0.15, 0.2) is 0 Å². The summed E-state index contributed by atoms with van der Waals surface area (Å²) >= 11 is 12.6. The number of likely N-dealkylation sites (tertiary alicyclic amines) is 1. The number of benzene rings is 2. The van der Waals surface area contributed by atoms with Crippen molar-refractivity contribution >= 4 is 41.0 Å². The third-order valence-corrected chi connectivity index (χ3v) is 8.74. The number of carbonyl (C=O) groups excluding carboxylic acids is 3. The van der Waals surface area contributed by atoms with Gasteiger partial charge in [0.25, 0.3) is 5.91 Å². The first kappa shape index (κ1) is 29.2. The number of likely N-dealkylation sites (N-methyl/N-ethyl adjacent to an activating group) is 2. The van der Waals surface area contributed by atoms with Gasteiger partial charge in [-0.3, -0.25) is 9.59 Å². The lowest BCUT2D eigenvalue weighted by Gasteiger charge is -2.48. The molecular formula is C29H37Cl2N5O3. The monoisotopic (exact) mass is 573 g/mol. The Morgan fingerprint density at radius 3 is 2.44 bits per heavy atom. The summed E-state index contributed by atoms with van der Waals surface area (Å²) in [5, 5.41) is 6.67. The SMILES string of the molecule is CNC(=O)C1(N2CCCNC2=O)CCN(CCC(CN(C)C(=O)c2ccccc2)c2ccc(Cl)c(Cl)c2)CC1. The molecule has 8 nitrogen and oxygen atoms in total. The van der Waals surface area contributed by atoms with Crippen LogP contribution in [0.5, 0.6) is 0 Å². The Hall–Kier alpha value is -2.81. The molecule has 2 aromatic rings. The van der Waals surface area contributed by atoms with Crippen molar-refractivity contribution in [2.75, 3.05) is 53.4 Å². The minimum atomic E-state index is -0.832. The van der Waals surface area contributed by atoms with Gasteiger partial charge in [0, 0.05) is 58.3 Å². The van der Waals surface area contributed by atoms with Crippen molar-refractivity contribution in [3.63, 3.8) is 0 Å². The predicted molar refractivity (Wildman–Crippen MR) is 154 cm³/mol. The molecule has 2 heterocycles. The van der Waals surface area contributed by atoms with E-state index in [1.165, 1.54) is 0 Å². The van der Waals surface area contributed by atoms with E-state index in [4.69, 9.17) is 23.2 Å². The highest BCUT2D eigenvalue weighted by molar-refractivity contribution is 6.42. The second-order valence-corrected chi connectivity index (χ2v) is 11.2. The molecule has 0 saturated carbocycles. The van der Waals surface area contributed by atoms with Gasteiger partial charge >= 0.3 is 6.03 Å². The number of nitrogens with one attached hydrogen (secondary N) is 2. The maximum absolute atomic E-state index is 13.1. The summed E-state index contributed by atoms with van der Waals surface area (Å²) in [5.74, 6) is -0.0985. The second kappa shape index (κ2) is 13.0. The third-order valence-electron chi connectivity index (χ3n) is 8.00. The maximum Gasteiger partial charge on any atom is 0.318 e. The molecule has 4 rings (SSSR count). The molecule has 0 bridgehead atoms. The Bertz CT molecular complexity index is 1170. The summed E-state index contributed by atoms with van der Waals surface area (Å²) in [6.07, 6.45) is 2.77. The van der Waals surface area contributed by atoms with Crippen LogP contribution in [0.2, 0.25) is 10.0 Å². The fraction of sp³-hybridized carbons (Fsp3) is 0.483. The average Bonchev–Trinajstić information content (AvgIpc) is 2.96. The van der Waals surface area contributed by atoms with Crippen LogP contribution in [0.1, 0.15) is 47.5 Å². The van der Waals surface area contributed by atoms with Crippen LogP contribution < -0.4 is 10.6 Å². The van der Waals surface area contributed by atoms with Gasteiger partial charge in [-0.1, -0.05) is 47.5 Å². The van der Waals surface area contributed by atoms with Crippen molar-refractivity contribution in [2.24, 2.45) is 0 Å². The van der Waals surface area contributed by atoms with Crippen molar-refractivity contribution in [2.45, 2.75) is 37.1 Å². The van der Waals surface area contributed by atoms with Crippen LogP contribution in [0, 0.1) is 0 Å². The Kier molecular flexibility index (Phi) is 9.75. The maximum atomic E-state index is 13.1. The minimum absolute atomic E-state index is 0.0335. The largest absolute Gasteiger partial charge is 0.357 e. The van der Waals surface area contributed by atoms with Crippen LogP contribution in [-0.2, 0) is 4.79 Å². The molecule has 2 aromatic carbocycles. The van der Waals surface area contributed by atoms with Crippen LogP contribution in [0.3, 0.4) is 0 Å². The Morgan fingerprint density at radius 1 is 1.08 bits per heavy atom. The van der Waals surface area contributed by atoms with Gasteiger partial charge in [0.2, 0.25) is 5.91 Å². The van der Waals surface area contributed by atoms with Gasteiger partial charge in [0.1, 0.15) is 5.54 Å². The molecule has 1 unspecified atom stereocenters. The van der Waals surface area contributed by atoms with E-state index in [9.17, 15) is 14.4 Å². The van der Waals surface area contributed by atoms with Crippen molar-refractivity contribution in [3.8, 4) is 0 Å². The molecule has 4 amide bonds. The van der Waals surface area contributed by atoms with E-state index < -0.39 is 5.54 Å². The van der Waals surface area contributed by atoms with Crippen molar-refractivity contribution < 1.29 is 14.4 Å². The topological polar surface area (TPSA) is 85.0 Å². The van der Waals surface area contributed by atoms with Crippen LogP contribution in [0.4, 0.5) is 4.79 Å². The number of urea groups is 1. The van der Waals surface area contributed by atoms with E-state index in [2.05, 4.69) is 15.5 Å². The van der Waals surface area contributed by atoms with Gasteiger partial charge in [-0.05, 0) is 62.1 Å². The van der Waals surface area contributed by atoms with Gasteiger partial charge in [-0.25, -0.2) is 4.79 Å². The number of carbonyl (C=O) groups is 3. The normalized spacial score (nSPS) is 18.3. The van der Waals surface area contributed by atoms with E-state index in [0.717, 1.165) is 24.9 Å². The Labute approximate surface area is 240 Å². The molecular weight excluding hydrogens is 537 g/mol. The third kappa shape index (κ3) is 6.68. The molecule has 0 aliphatic carbocycles. The van der Waals surface area contributed by atoms with Gasteiger partial charge in [0.05, 0.1) is 10.0 Å². The van der Waals surface area contributed by atoms with Crippen molar-refractivity contribution in [1.82, 2.24) is 25.3 Å². The fourth-order valence-electron chi connectivity index (χ4n) is 5.72. The summed E-state index contributed by atoms with van der Waals surface area (Å²) in [4.78, 5) is 44.6. The Morgan fingerprint density at radius 2 is 1.79 bits per heavy atom. The summed E-state index contributed by atoms with van der Waals surface area (Å²) in [6, 6.07) is 14.8. The molecule has 0 radical (unpaired) electrons. The highest BCUT2D eigenvalue weighted by Crippen LogP contribution is 2.33. The number of amides is 4. The number of rotatable bonds is 9. The predicted octanol–water partition coefficient (Wildman–Crippen LogP) is 4.24. The Balaban J connectivity index is 1.45. The van der Waals surface area contributed by atoms with Gasteiger partial charge in [-0.2, -0.15) is 0 Å². The molecule has 0 aromatic heterocycles. The average molecular weight is 575 g/mol. The van der Waals surface area contributed by atoms with Crippen LogP contribution in [0.15, 0.2) is 48.5 Å². The summed E-state index contributed by atoms with van der Waals surface area (Å²) < 4.78 is 0. The smallest absolute Gasteiger partial charge is 0.318 e. The molecule has 2 aliphatic heterocycles. The lowest BCUT2D eigenvalue weighted by molar-refractivity contribution is -0.135. The fourth-order valence-corrected chi connectivity index (χ4v) is 6.03.